The van der Waals surface area contributed by atoms with Gasteiger partial charge in [-0.1, -0.05) is 12.2 Å². The standard InChI is InChI=1S/C15H17N3/c1-10-13(8-16)15(12-6-4-3-5-7-12)14(9-17)11(2)18-10/h3-4,12,15,18H,5-7H2,1-2H3/t12-/m0/s1. The van der Waals surface area contributed by atoms with Gasteiger partial charge in [0.25, 0.3) is 0 Å². The predicted octanol–water partition coefficient (Wildman–Crippen LogP) is 3.16. The van der Waals surface area contributed by atoms with Gasteiger partial charge in [-0.2, -0.15) is 10.5 Å². The molecule has 1 atom stereocenters. The van der Waals surface area contributed by atoms with Gasteiger partial charge in [0.05, 0.1) is 23.3 Å². The molecule has 0 aromatic carbocycles. The minimum atomic E-state index is -0.0220. The zero-order valence-electron chi connectivity index (χ0n) is 10.8. The van der Waals surface area contributed by atoms with E-state index in [1.165, 1.54) is 0 Å². The van der Waals surface area contributed by atoms with E-state index in [-0.39, 0.29) is 5.92 Å². The van der Waals surface area contributed by atoms with Crippen molar-refractivity contribution >= 4 is 0 Å². The molecule has 1 aliphatic carbocycles. The molecule has 0 aromatic heterocycles. The van der Waals surface area contributed by atoms with Gasteiger partial charge in [-0.15, -0.1) is 0 Å². The normalized spacial score (nSPS) is 24.6. The molecular formula is C15H17N3. The second-order valence-corrected chi connectivity index (χ2v) is 4.95. The SMILES string of the molecule is CC1=C(C#N)C([C@H]2CC=CCC2)C(C#N)=C(C)N1. The van der Waals surface area contributed by atoms with Crippen LogP contribution in [0.5, 0.6) is 0 Å². The number of hydrogen-bond donors (Lipinski definition) is 1. The Morgan fingerprint density at radius 3 is 2.17 bits per heavy atom. The summed E-state index contributed by atoms with van der Waals surface area (Å²) in [6.07, 6.45) is 7.41. The molecule has 0 saturated heterocycles. The Hall–Kier alpha value is -2.00. The minimum Gasteiger partial charge on any atom is -0.361 e. The molecule has 0 spiro atoms. The summed E-state index contributed by atoms with van der Waals surface area (Å²) in [4.78, 5) is 0. The molecule has 92 valence electrons. The Bertz CT molecular complexity index is 487. The van der Waals surface area contributed by atoms with Crippen LogP contribution in [0.1, 0.15) is 33.1 Å². The van der Waals surface area contributed by atoms with Crippen LogP contribution in [0.4, 0.5) is 0 Å². The molecule has 1 heterocycles. The second-order valence-electron chi connectivity index (χ2n) is 4.95. The van der Waals surface area contributed by atoms with E-state index in [9.17, 15) is 10.5 Å². The highest BCUT2D eigenvalue weighted by atomic mass is 14.9. The van der Waals surface area contributed by atoms with E-state index in [2.05, 4.69) is 29.6 Å². The van der Waals surface area contributed by atoms with E-state index in [1.54, 1.807) is 0 Å². The van der Waals surface area contributed by atoms with Gasteiger partial charge < -0.3 is 5.32 Å². The van der Waals surface area contributed by atoms with E-state index in [4.69, 9.17) is 0 Å². The number of dihydropyridines is 1. The van der Waals surface area contributed by atoms with Gasteiger partial charge in [-0.05, 0) is 39.0 Å². The summed E-state index contributed by atoms with van der Waals surface area (Å²) in [6, 6.07) is 4.59. The number of rotatable bonds is 1. The summed E-state index contributed by atoms with van der Waals surface area (Å²) < 4.78 is 0. The molecule has 1 aliphatic heterocycles. The van der Waals surface area contributed by atoms with E-state index < -0.39 is 0 Å². The van der Waals surface area contributed by atoms with Crippen LogP contribution >= 0.6 is 0 Å². The third kappa shape index (κ3) is 2.05. The van der Waals surface area contributed by atoms with Crippen LogP contribution in [0.3, 0.4) is 0 Å². The van der Waals surface area contributed by atoms with Crippen LogP contribution in [0.2, 0.25) is 0 Å². The molecule has 3 nitrogen and oxygen atoms in total. The zero-order chi connectivity index (χ0) is 13.1. The van der Waals surface area contributed by atoms with Crippen LogP contribution in [0.25, 0.3) is 0 Å². The Balaban J connectivity index is 2.43. The highest BCUT2D eigenvalue weighted by Crippen LogP contribution is 2.39. The maximum absolute atomic E-state index is 9.36. The fourth-order valence-electron chi connectivity index (χ4n) is 2.92. The van der Waals surface area contributed by atoms with Gasteiger partial charge in [0.1, 0.15) is 0 Å². The van der Waals surface area contributed by atoms with Crippen LogP contribution in [-0.4, -0.2) is 0 Å². The van der Waals surface area contributed by atoms with Gasteiger partial charge in [-0.3, -0.25) is 0 Å². The maximum Gasteiger partial charge on any atom is 0.0972 e. The van der Waals surface area contributed by atoms with Gasteiger partial charge >= 0.3 is 0 Å². The van der Waals surface area contributed by atoms with Crippen LogP contribution in [0.15, 0.2) is 34.7 Å². The monoisotopic (exact) mass is 239 g/mol. The molecule has 3 heteroatoms. The average Bonchev–Trinajstić information content (AvgIpc) is 2.39. The highest BCUT2D eigenvalue weighted by molar-refractivity contribution is 5.47. The first-order valence-corrected chi connectivity index (χ1v) is 6.32. The lowest BCUT2D eigenvalue weighted by atomic mass is 9.73. The Labute approximate surface area is 108 Å². The van der Waals surface area contributed by atoms with E-state index in [0.29, 0.717) is 5.92 Å². The minimum absolute atomic E-state index is 0.0220. The van der Waals surface area contributed by atoms with Gasteiger partial charge in [-0.25, -0.2) is 0 Å². The molecule has 0 amide bonds. The van der Waals surface area contributed by atoms with E-state index in [0.717, 1.165) is 41.8 Å². The smallest absolute Gasteiger partial charge is 0.0972 e. The number of nitrogens with one attached hydrogen (secondary N) is 1. The largest absolute Gasteiger partial charge is 0.361 e. The molecule has 18 heavy (non-hydrogen) atoms. The van der Waals surface area contributed by atoms with Crippen LogP contribution in [0, 0.1) is 34.5 Å². The molecule has 0 fully saturated rings. The van der Waals surface area contributed by atoms with E-state index >= 15 is 0 Å². The quantitative estimate of drug-likeness (QED) is 0.715. The summed E-state index contributed by atoms with van der Waals surface area (Å²) >= 11 is 0. The zero-order valence-corrected chi connectivity index (χ0v) is 10.8. The van der Waals surface area contributed by atoms with Gasteiger partial charge in [0.15, 0.2) is 0 Å². The molecule has 0 bridgehead atoms. The summed E-state index contributed by atoms with van der Waals surface area (Å²) in [5.41, 5.74) is 3.26. The third-order valence-corrected chi connectivity index (χ3v) is 3.83. The topological polar surface area (TPSA) is 59.6 Å². The first-order valence-electron chi connectivity index (χ1n) is 6.32. The Kier molecular flexibility index (Phi) is 3.53. The summed E-state index contributed by atoms with van der Waals surface area (Å²) in [5, 5.41) is 21.9. The van der Waals surface area contributed by atoms with Crippen molar-refractivity contribution in [3.05, 3.63) is 34.7 Å². The highest BCUT2D eigenvalue weighted by Gasteiger charge is 2.34. The Morgan fingerprint density at radius 2 is 1.72 bits per heavy atom. The van der Waals surface area contributed by atoms with Crippen molar-refractivity contribution in [1.82, 2.24) is 5.32 Å². The first kappa shape index (κ1) is 12.5. The lowest BCUT2D eigenvalue weighted by Gasteiger charge is -2.32. The van der Waals surface area contributed by atoms with E-state index in [1.807, 2.05) is 13.8 Å². The molecule has 2 aliphatic rings. The number of allylic oxidation sites excluding steroid dienone is 6. The number of hydrogen-bond acceptors (Lipinski definition) is 3. The summed E-state index contributed by atoms with van der Waals surface area (Å²) in [6.45, 7) is 3.84. The molecule has 0 saturated carbocycles. The number of nitrogens with zero attached hydrogens (tertiary/aromatic N) is 2. The lowest BCUT2D eigenvalue weighted by Crippen LogP contribution is -2.29. The molecule has 1 N–H and O–H groups in total. The fourth-order valence-corrected chi connectivity index (χ4v) is 2.92. The Morgan fingerprint density at radius 1 is 1.11 bits per heavy atom. The summed E-state index contributed by atoms with van der Waals surface area (Å²) in [7, 11) is 0. The second kappa shape index (κ2) is 5.10. The molecule has 2 rings (SSSR count). The van der Waals surface area contributed by atoms with Crippen molar-refractivity contribution in [1.29, 1.82) is 10.5 Å². The maximum atomic E-state index is 9.36. The lowest BCUT2D eigenvalue weighted by molar-refractivity contribution is 0.389. The van der Waals surface area contributed by atoms with Crippen molar-refractivity contribution in [3.63, 3.8) is 0 Å². The average molecular weight is 239 g/mol. The molecule has 0 aromatic rings. The number of nitriles is 2. The first-order chi connectivity index (χ1) is 8.69. The van der Waals surface area contributed by atoms with Crippen molar-refractivity contribution in [2.75, 3.05) is 0 Å². The molecular weight excluding hydrogens is 222 g/mol. The predicted molar refractivity (Wildman–Crippen MR) is 69.7 cm³/mol. The van der Waals surface area contributed by atoms with Crippen LogP contribution < -0.4 is 5.32 Å². The summed E-state index contributed by atoms with van der Waals surface area (Å²) in [5.74, 6) is 0.359. The third-order valence-electron chi connectivity index (χ3n) is 3.83. The van der Waals surface area contributed by atoms with Crippen molar-refractivity contribution < 1.29 is 0 Å². The fraction of sp³-hybridized carbons (Fsp3) is 0.467. The van der Waals surface area contributed by atoms with Crippen molar-refractivity contribution in [2.24, 2.45) is 11.8 Å². The van der Waals surface area contributed by atoms with Gasteiger partial charge in [0.2, 0.25) is 0 Å². The van der Waals surface area contributed by atoms with Crippen LogP contribution in [-0.2, 0) is 0 Å². The molecule has 0 radical (unpaired) electrons. The van der Waals surface area contributed by atoms with Crippen molar-refractivity contribution in [3.8, 4) is 12.1 Å². The van der Waals surface area contributed by atoms with Crippen molar-refractivity contribution in [2.45, 2.75) is 33.1 Å². The van der Waals surface area contributed by atoms with Gasteiger partial charge in [0, 0.05) is 17.3 Å². The molecule has 0 unspecified atom stereocenters.